The molecule has 0 fully saturated rings. The standard InChI is InChI=1S/C27H37N3O4/c1-20(2)33-19-24(31)17-29(14-15-32-5)18-26-22(4)28-30(23-11-7-6-8-12-23)27(26)34-25-13-9-10-21(3)16-25/h6-13,16,20,24,31H,14-15,17-19H2,1-5H3. The number of aliphatic hydroxyl groups excluding tert-OH is 1. The van der Waals surface area contributed by atoms with Gasteiger partial charge in [0, 0.05) is 26.7 Å². The zero-order chi connectivity index (χ0) is 24.5. The molecule has 34 heavy (non-hydrogen) atoms. The van der Waals surface area contributed by atoms with E-state index in [-0.39, 0.29) is 12.7 Å². The van der Waals surface area contributed by atoms with Gasteiger partial charge in [0.2, 0.25) is 5.88 Å². The first-order chi connectivity index (χ1) is 16.4. The van der Waals surface area contributed by atoms with Gasteiger partial charge < -0.3 is 19.3 Å². The topological polar surface area (TPSA) is 69.0 Å². The van der Waals surface area contributed by atoms with Crippen LogP contribution in [0.4, 0.5) is 0 Å². The zero-order valence-corrected chi connectivity index (χ0v) is 20.9. The van der Waals surface area contributed by atoms with Crippen molar-refractivity contribution in [1.82, 2.24) is 14.7 Å². The summed E-state index contributed by atoms with van der Waals surface area (Å²) in [6.07, 6.45) is -0.535. The average Bonchev–Trinajstić information content (AvgIpc) is 3.11. The number of rotatable bonds is 13. The second-order valence-electron chi connectivity index (χ2n) is 8.80. The van der Waals surface area contributed by atoms with Gasteiger partial charge in [-0.25, -0.2) is 4.68 Å². The number of aryl methyl sites for hydroxylation is 2. The van der Waals surface area contributed by atoms with Crippen LogP contribution in [0.3, 0.4) is 0 Å². The number of benzene rings is 2. The Labute approximate surface area is 202 Å². The summed E-state index contributed by atoms with van der Waals surface area (Å²) in [6, 6.07) is 18.0. The first-order valence-corrected chi connectivity index (χ1v) is 11.8. The quantitative estimate of drug-likeness (QED) is 0.399. The third-order valence-corrected chi connectivity index (χ3v) is 5.43. The van der Waals surface area contributed by atoms with Crippen molar-refractivity contribution in [2.24, 2.45) is 0 Å². The highest BCUT2D eigenvalue weighted by Crippen LogP contribution is 2.32. The molecule has 3 aromatic rings. The van der Waals surface area contributed by atoms with Gasteiger partial charge >= 0.3 is 0 Å². The molecule has 0 aliphatic rings. The number of methoxy groups -OCH3 is 1. The number of ether oxygens (including phenoxy) is 3. The fraction of sp³-hybridized carbons (Fsp3) is 0.444. The lowest BCUT2D eigenvalue weighted by molar-refractivity contribution is -0.0122. The predicted octanol–water partition coefficient (Wildman–Crippen LogP) is 4.52. The fourth-order valence-corrected chi connectivity index (χ4v) is 3.69. The Morgan fingerprint density at radius 2 is 1.82 bits per heavy atom. The molecule has 1 aromatic heterocycles. The first kappa shape index (κ1) is 25.9. The van der Waals surface area contributed by atoms with Gasteiger partial charge in [-0.05, 0) is 57.5 Å². The summed E-state index contributed by atoms with van der Waals surface area (Å²) in [5, 5.41) is 15.4. The number of aliphatic hydroxyl groups is 1. The summed E-state index contributed by atoms with van der Waals surface area (Å²) in [5.41, 5.74) is 3.89. The normalized spacial score (nSPS) is 12.5. The van der Waals surface area contributed by atoms with Crippen molar-refractivity contribution in [2.75, 3.05) is 33.4 Å². The molecule has 1 atom stereocenters. The van der Waals surface area contributed by atoms with E-state index >= 15 is 0 Å². The monoisotopic (exact) mass is 467 g/mol. The van der Waals surface area contributed by atoms with Gasteiger partial charge in [-0.15, -0.1) is 0 Å². The van der Waals surface area contributed by atoms with E-state index in [1.54, 1.807) is 7.11 Å². The molecule has 184 valence electrons. The number of hydrogen-bond donors (Lipinski definition) is 1. The maximum absolute atomic E-state index is 10.6. The van der Waals surface area contributed by atoms with Crippen molar-refractivity contribution in [2.45, 2.75) is 46.4 Å². The summed E-state index contributed by atoms with van der Waals surface area (Å²) in [6.45, 7) is 10.5. The Kier molecular flexibility index (Phi) is 9.65. The first-order valence-electron chi connectivity index (χ1n) is 11.8. The molecule has 0 amide bonds. The Morgan fingerprint density at radius 3 is 2.50 bits per heavy atom. The van der Waals surface area contributed by atoms with E-state index in [0.717, 1.165) is 28.3 Å². The summed E-state index contributed by atoms with van der Waals surface area (Å²) >= 11 is 0. The minimum Gasteiger partial charge on any atom is -0.439 e. The lowest BCUT2D eigenvalue weighted by Gasteiger charge is -2.25. The van der Waals surface area contributed by atoms with Crippen LogP contribution in [0.2, 0.25) is 0 Å². The lowest BCUT2D eigenvalue weighted by atomic mass is 10.2. The Morgan fingerprint density at radius 1 is 1.06 bits per heavy atom. The highest BCUT2D eigenvalue weighted by atomic mass is 16.5. The lowest BCUT2D eigenvalue weighted by Crippen LogP contribution is -2.37. The molecule has 1 unspecified atom stereocenters. The van der Waals surface area contributed by atoms with Crippen LogP contribution in [-0.4, -0.2) is 65.4 Å². The van der Waals surface area contributed by atoms with E-state index in [9.17, 15) is 5.11 Å². The van der Waals surface area contributed by atoms with Crippen LogP contribution in [0.15, 0.2) is 54.6 Å². The van der Waals surface area contributed by atoms with Gasteiger partial charge in [-0.2, -0.15) is 5.10 Å². The molecule has 0 radical (unpaired) electrons. The van der Waals surface area contributed by atoms with Crippen LogP contribution in [0.5, 0.6) is 11.6 Å². The van der Waals surface area contributed by atoms with Crippen molar-refractivity contribution in [1.29, 1.82) is 0 Å². The van der Waals surface area contributed by atoms with Crippen molar-refractivity contribution in [3.05, 3.63) is 71.4 Å². The minimum absolute atomic E-state index is 0.0720. The maximum atomic E-state index is 10.6. The van der Waals surface area contributed by atoms with E-state index < -0.39 is 6.10 Å². The molecule has 1 heterocycles. The maximum Gasteiger partial charge on any atom is 0.227 e. The second kappa shape index (κ2) is 12.7. The second-order valence-corrected chi connectivity index (χ2v) is 8.80. The van der Waals surface area contributed by atoms with Crippen LogP contribution in [0, 0.1) is 13.8 Å². The van der Waals surface area contributed by atoms with Gasteiger partial charge in [-0.3, -0.25) is 4.90 Å². The number of nitrogens with zero attached hydrogens (tertiary/aromatic N) is 3. The molecular formula is C27H37N3O4. The molecule has 2 aromatic carbocycles. The molecule has 0 aliphatic heterocycles. The summed E-state index contributed by atoms with van der Waals surface area (Å²) < 4.78 is 19.2. The zero-order valence-electron chi connectivity index (χ0n) is 20.9. The van der Waals surface area contributed by atoms with E-state index in [0.29, 0.717) is 32.1 Å². The number of para-hydroxylation sites is 1. The van der Waals surface area contributed by atoms with Crippen LogP contribution in [0.1, 0.15) is 30.7 Å². The molecule has 0 spiro atoms. The average molecular weight is 468 g/mol. The third-order valence-electron chi connectivity index (χ3n) is 5.43. The van der Waals surface area contributed by atoms with E-state index in [2.05, 4.69) is 4.90 Å². The van der Waals surface area contributed by atoms with E-state index in [1.165, 1.54) is 0 Å². The Balaban J connectivity index is 1.93. The smallest absolute Gasteiger partial charge is 0.227 e. The largest absolute Gasteiger partial charge is 0.439 e. The summed E-state index contributed by atoms with van der Waals surface area (Å²) in [4.78, 5) is 2.15. The highest BCUT2D eigenvalue weighted by Gasteiger charge is 2.23. The fourth-order valence-electron chi connectivity index (χ4n) is 3.69. The van der Waals surface area contributed by atoms with Gasteiger partial charge in [0.25, 0.3) is 0 Å². The number of hydrogen-bond acceptors (Lipinski definition) is 6. The van der Waals surface area contributed by atoms with Gasteiger partial charge in [0.05, 0.1) is 42.4 Å². The number of aromatic nitrogens is 2. The molecule has 0 saturated carbocycles. The highest BCUT2D eigenvalue weighted by molar-refractivity contribution is 5.43. The summed E-state index contributed by atoms with van der Waals surface area (Å²) in [7, 11) is 1.68. The molecule has 0 bridgehead atoms. The van der Waals surface area contributed by atoms with Gasteiger partial charge in [0.15, 0.2) is 0 Å². The van der Waals surface area contributed by atoms with Crippen molar-refractivity contribution < 1.29 is 19.3 Å². The molecule has 7 heteroatoms. The van der Waals surface area contributed by atoms with E-state index in [4.69, 9.17) is 19.3 Å². The van der Waals surface area contributed by atoms with Crippen LogP contribution in [-0.2, 0) is 16.0 Å². The third kappa shape index (κ3) is 7.40. The molecular weight excluding hydrogens is 430 g/mol. The molecule has 0 aliphatic carbocycles. The SMILES string of the molecule is COCCN(Cc1c(C)nn(-c2ccccc2)c1Oc1cccc(C)c1)CC(O)COC(C)C. The predicted molar refractivity (Wildman–Crippen MR) is 134 cm³/mol. The summed E-state index contributed by atoms with van der Waals surface area (Å²) in [5.74, 6) is 1.43. The van der Waals surface area contributed by atoms with Gasteiger partial charge in [0.1, 0.15) is 5.75 Å². The van der Waals surface area contributed by atoms with Crippen molar-refractivity contribution in [3.8, 4) is 17.3 Å². The Bertz CT molecular complexity index is 1020. The van der Waals surface area contributed by atoms with Crippen LogP contribution < -0.4 is 4.74 Å². The van der Waals surface area contributed by atoms with Gasteiger partial charge in [-0.1, -0.05) is 30.3 Å². The van der Waals surface area contributed by atoms with Crippen molar-refractivity contribution >= 4 is 0 Å². The van der Waals surface area contributed by atoms with Crippen molar-refractivity contribution in [3.63, 3.8) is 0 Å². The van der Waals surface area contributed by atoms with Crippen LogP contribution >= 0.6 is 0 Å². The van der Waals surface area contributed by atoms with Crippen LogP contribution in [0.25, 0.3) is 5.69 Å². The molecule has 3 rings (SSSR count). The molecule has 0 saturated heterocycles. The Hall–Kier alpha value is -2.71. The molecule has 7 nitrogen and oxygen atoms in total. The minimum atomic E-state index is -0.607. The molecule has 1 N–H and O–H groups in total. The van der Waals surface area contributed by atoms with E-state index in [1.807, 2.05) is 87.0 Å².